The van der Waals surface area contributed by atoms with E-state index >= 15 is 0 Å². The van der Waals surface area contributed by atoms with Crippen LogP contribution in [-0.4, -0.2) is 46.0 Å². The van der Waals surface area contributed by atoms with Crippen molar-refractivity contribution < 1.29 is 4.79 Å². The van der Waals surface area contributed by atoms with E-state index in [9.17, 15) is 4.79 Å². The second kappa shape index (κ2) is 11.8. The number of carbonyl (C=O) groups excluding carboxylic acids is 1. The molecule has 0 spiro atoms. The Kier molecular flexibility index (Phi) is 8.76. The molecule has 0 saturated carbocycles. The molecule has 3 aromatic rings. The molecule has 6 nitrogen and oxygen atoms in total. The average molecular weight is 387 g/mol. The Morgan fingerprint density at radius 3 is 2.03 bits per heavy atom. The van der Waals surface area contributed by atoms with Gasteiger partial charge in [-0.25, -0.2) is 14.7 Å². The number of benzene rings is 2. The fourth-order valence-corrected chi connectivity index (χ4v) is 2.14. The molecule has 0 N–H and O–H groups in total. The number of aromatic nitrogens is 3. The standard InChI is InChI=1S/C12H14N2O.C11H11N3/c1-14(2)10-13-12(15)9-8-11-6-4-3-5-7-11;1-14-11(12-9-13-14)8-7-10-5-3-2-4-6-10/h3-10H,1-2H3;2-9H,1H3. The first-order valence-electron chi connectivity index (χ1n) is 9.09. The van der Waals surface area contributed by atoms with Crippen LogP contribution in [0, 0.1) is 0 Å². The van der Waals surface area contributed by atoms with Gasteiger partial charge in [-0.15, -0.1) is 0 Å². The SMILES string of the molecule is CN(C)C=NC(=O)C=Cc1ccccc1.Cn1ncnc1C=Cc1ccccc1. The van der Waals surface area contributed by atoms with E-state index in [-0.39, 0.29) is 5.91 Å². The van der Waals surface area contributed by atoms with Crippen LogP contribution in [0.25, 0.3) is 18.2 Å². The summed E-state index contributed by atoms with van der Waals surface area (Å²) in [5, 5.41) is 3.98. The van der Waals surface area contributed by atoms with E-state index in [0.717, 1.165) is 17.0 Å². The summed E-state index contributed by atoms with van der Waals surface area (Å²) in [7, 11) is 5.51. The highest BCUT2D eigenvalue weighted by atomic mass is 16.1. The highest BCUT2D eigenvalue weighted by Crippen LogP contribution is 2.04. The van der Waals surface area contributed by atoms with Crippen LogP contribution in [0.1, 0.15) is 17.0 Å². The first-order chi connectivity index (χ1) is 14.0. The number of hydrogen-bond acceptors (Lipinski definition) is 3. The molecule has 0 aliphatic carbocycles. The molecular weight excluding hydrogens is 362 g/mol. The van der Waals surface area contributed by atoms with Gasteiger partial charge in [-0.2, -0.15) is 5.10 Å². The molecule has 0 unspecified atom stereocenters. The van der Waals surface area contributed by atoms with Gasteiger partial charge in [-0.1, -0.05) is 66.7 Å². The number of aryl methyl sites for hydroxylation is 1. The first-order valence-corrected chi connectivity index (χ1v) is 9.09. The maximum Gasteiger partial charge on any atom is 0.271 e. The van der Waals surface area contributed by atoms with Crippen molar-refractivity contribution in [1.29, 1.82) is 0 Å². The number of nitrogens with zero attached hydrogens (tertiary/aromatic N) is 5. The van der Waals surface area contributed by atoms with Crippen molar-refractivity contribution in [1.82, 2.24) is 19.7 Å². The summed E-state index contributed by atoms with van der Waals surface area (Å²) in [6.07, 6.45) is 10.2. The number of carbonyl (C=O) groups is 1. The van der Waals surface area contributed by atoms with E-state index < -0.39 is 0 Å². The highest BCUT2D eigenvalue weighted by molar-refractivity contribution is 5.96. The van der Waals surface area contributed by atoms with E-state index in [2.05, 4.69) is 15.1 Å². The Hall–Kier alpha value is -3.80. The molecule has 6 heteroatoms. The number of amides is 1. The van der Waals surface area contributed by atoms with Crippen molar-refractivity contribution in [2.75, 3.05) is 14.1 Å². The van der Waals surface area contributed by atoms with Crippen molar-refractivity contribution >= 4 is 30.5 Å². The number of rotatable bonds is 5. The molecular formula is C23H25N5O. The molecule has 0 aliphatic rings. The molecule has 1 amide bonds. The lowest BCUT2D eigenvalue weighted by atomic mass is 10.2. The molecule has 0 aliphatic heterocycles. The third-order valence-electron chi connectivity index (χ3n) is 3.60. The predicted octanol–water partition coefficient (Wildman–Crippen LogP) is 3.80. The highest BCUT2D eigenvalue weighted by Gasteiger charge is 1.93. The van der Waals surface area contributed by atoms with Gasteiger partial charge in [0.25, 0.3) is 5.91 Å². The average Bonchev–Trinajstić information content (AvgIpc) is 3.16. The molecule has 0 saturated heterocycles. The second-order valence-electron chi connectivity index (χ2n) is 6.28. The lowest BCUT2D eigenvalue weighted by molar-refractivity contribution is -0.113. The van der Waals surface area contributed by atoms with E-state index in [1.54, 1.807) is 22.0 Å². The lowest BCUT2D eigenvalue weighted by Crippen LogP contribution is -2.08. The summed E-state index contributed by atoms with van der Waals surface area (Å²) in [5.74, 6) is 0.599. The van der Waals surface area contributed by atoms with Gasteiger partial charge in [-0.05, 0) is 23.3 Å². The van der Waals surface area contributed by atoms with Gasteiger partial charge in [0.15, 0.2) is 0 Å². The Labute approximate surface area is 171 Å². The van der Waals surface area contributed by atoms with Crippen LogP contribution in [0.5, 0.6) is 0 Å². The van der Waals surface area contributed by atoms with Crippen LogP contribution in [-0.2, 0) is 11.8 Å². The second-order valence-corrected chi connectivity index (χ2v) is 6.28. The van der Waals surface area contributed by atoms with Crippen LogP contribution in [0.2, 0.25) is 0 Å². The summed E-state index contributed by atoms with van der Waals surface area (Å²) < 4.78 is 1.74. The van der Waals surface area contributed by atoms with Crippen LogP contribution < -0.4 is 0 Å². The van der Waals surface area contributed by atoms with E-state index in [1.807, 2.05) is 94.0 Å². The van der Waals surface area contributed by atoms with Gasteiger partial charge in [0.1, 0.15) is 12.2 Å². The molecule has 148 valence electrons. The van der Waals surface area contributed by atoms with Crippen molar-refractivity contribution in [3.8, 4) is 0 Å². The zero-order valence-electron chi connectivity index (χ0n) is 16.9. The maximum atomic E-state index is 11.2. The van der Waals surface area contributed by atoms with Crippen LogP contribution in [0.3, 0.4) is 0 Å². The van der Waals surface area contributed by atoms with Crippen molar-refractivity contribution in [2.45, 2.75) is 0 Å². The van der Waals surface area contributed by atoms with E-state index in [1.165, 1.54) is 12.4 Å². The van der Waals surface area contributed by atoms with Gasteiger partial charge in [0.2, 0.25) is 0 Å². The van der Waals surface area contributed by atoms with Gasteiger partial charge in [0, 0.05) is 27.2 Å². The van der Waals surface area contributed by atoms with Crippen LogP contribution in [0.15, 0.2) is 78.1 Å². The van der Waals surface area contributed by atoms with Gasteiger partial charge in [0.05, 0.1) is 6.34 Å². The predicted molar refractivity (Wildman–Crippen MR) is 119 cm³/mol. The van der Waals surface area contributed by atoms with E-state index in [0.29, 0.717) is 0 Å². The normalized spacial score (nSPS) is 11.0. The zero-order valence-corrected chi connectivity index (χ0v) is 16.9. The summed E-state index contributed by atoms with van der Waals surface area (Å²) >= 11 is 0. The quantitative estimate of drug-likeness (QED) is 0.379. The minimum Gasteiger partial charge on any atom is -0.369 e. The zero-order chi connectivity index (χ0) is 20.9. The largest absolute Gasteiger partial charge is 0.369 e. The summed E-state index contributed by atoms with van der Waals surface area (Å²) in [6, 6.07) is 19.8. The summed E-state index contributed by atoms with van der Waals surface area (Å²) in [6.45, 7) is 0. The minimum atomic E-state index is -0.257. The molecule has 0 bridgehead atoms. The number of aliphatic imine (C=N–C) groups is 1. The third kappa shape index (κ3) is 8.62. The Balaban J connectivity index is 0.000000207. The fraction of sp³-hybridized carbons (Fsp3) is 0.130. The maximum absolute atomic E-state index is 11.2. The molecule has 0 fully saturated rings. The monoisotopic (exact) mass is 387 g/mol. The van der Waals surface area contributed by atoms with Crippen LogP contribution >= 0.6 is 0 Å². The first kappa shape index (κ1) is 21.5. The number of hydrogen-bond donors (Lipinski definition) is 0. The fourth-order valence-electron chi connectivity index (χ4n) is 2.14. The van der Waals surface area contributed by atoms with Crippen molar-refractivity contribution in [3.63, 3.8) is 0 Å². The van der Waals surface area contributed by atoms with Gasteiger partial charge >= 0.3 is 0 Å². The molecule has 3 rings (SSSR count). The molecule has 2 aromatic carbocycles. The van der Waals surface area contributed by atoms with Crippen molar-refractivity contribution in [3.05, 3.63) is 90.0 Å². The van der Waals surface area contributed by atoms with Gasteiger partial charge in [-0.3, -0.25) is 4.79 Å². The molecule has 1 aromatic heterocycles. The van der Waals surface area contributed by atoms with Gasteiger partial charge < -0.3 is 4.90 Å². The van der Waals surface area contributed by atoms with E-state index in [4.69, 9.17) is 0 Å². The Morgan fingerprint density at radius 2 is 1.52 bits per heavy atom. The third-order valence-corrected chi connectivity index (χ3v) is 3.60. The Bertz CT molecular complexity index is 957. The molecule has 0 radical (unpaired) electrons. The smallest absolute Gasteiger partial charge is 0.271 e. The molecule has 1 heterocycles. The summed E-state index contributed by atoms with van der Waals surface area (Å²) in [5.41, 5.74) is 2.15. The lowest BCUT2D eigenvalue weighted by Gasteiger charge is -1.99. The Morgan fingerprint density at radius 1 is 0.931 bits per heavy atom. The van der Waals surface area contributed by atoms with Crippen LogP contribution in [0.4, 0.5) is 0 Å². The molecule has 0 atom stereocenters. The summed E-state index contributed by atoms with van der Waals surface area (Å²) in [4.78, 5) is 20.7. The van der Waals surface area contributed by atoms with Crippen molar-refractivity contribution in [2.24, 2.45) is 12.0 Å². The minimum absolute atomic E-state index is 0.257. The topological polar surface area (TPSA) is 63.4 Å². The molecule has 29 heavy (non-hydrogen) atoms.